The van der Waals surface area contributed by atoms with Crippen molar-refractivity contribution >= 4 is 5.91 Å². The Morgan fingerprint density at radius 1 is 1.22 bits per heavy atom. The molecule has 1 aromatic carbocycles. The molecule has 1 aliphatic heterocycles. The Morgan fingerprint density at radius 3 is 2.52 bits per heavy atom. The summed E-state index contributed by atoms with van der Waals surface area (Å²) in [5.74, 6) is 2.00. The van der Waals surface area contributed by atoms with Crippen LogP contribution in [-0.2, 0) is 11.3 Å². The molecule has 1 amide bonds. The van der Waals surface area contributed by atoms with Crippen molar-refractivity contribution in [2.75, 3.05) is 13.1 Å². The molecular formula is C21H30N4O2. The monoisotopic (exact) mass is 370 g/mol. The summed E-state index contributed by atoms with van der Waals surface area (Å²) in [6, 6.07) is 8.32. The van der Waals surface area contributed by atoms with Crippen LogP contribution in [0.5, 0.6) is 0 Å². The Labute approximate surface area is 161 Å². The van der Waals surface area contributed by atoms with Gasteiger partial charge in [-0.1, -0.05) is 48.8 Å². The van der Waals surface area contributed by atoms with E-state index in [1.165, 1.54) is 5.56 Å². The van der Waals surface area contributed by atoms with Crippen molar-refractivity contribution in [1.29, 1.82) is 0 Å². The highest BCUT2D eigenvalue weighted by Gasteiger charge is 2.27. The Kier molecular flexibility index (Phi) is 6.26. The number of piperidine rings is 1. The van der Waals surface area contributed by atoms with Crippen LogP contribution < -0.4 is 5.32 Å². The molecule has 0 bridgehead atoms. The molecule has 2 aromatic rings. The zero-order valence-electron chi connectivity index (χ0n) is 16.7. The molecule has 1 fully saturated rings. The highest BCUT2D eigenvalue weighted by Crippen LogP contribution is 2.21. The molecule has 3 rings (SSSR count). The van der Waals surface area contributed by atoms with Crippen molar-refractivity contribution in [2.45, 2.75) is 53.1 Å². The van der Waals surface area contributed by atoms with Crippen LogP contribution in [-0.4, -0.2) is 40.1 Å². The molecule has 1 saturated heterocycles. The third kappa shape index (κ3) is 5.16. The smallest absolute Gasteiger partial charge is 0.241 e. The molecule has 146 valence electrons. The number of hydrogen-bond acceptors (Lipinski definition) is 5. The number of likely N-dealkylation sites (tertiary alicyclic amines) is 1. The summed E-state index contributed by atoms with van der Waals surface area (Å²) in [6.45, 7) is 10.8. The molecule has 1 unspecified atom stereocenters. The van der Waals surface area contributed by atoms with Gasteiger partial charge in [0.25, 0.3) is 0 Å². The van der Waals surface area contributed by atoms with Gasteiger partial charge in [0.05, 0.1) is 6.54 Å². The maximum absolute atomic E-state index is 12.4. The fraction of sp³-hybridized carbons (Fsp3) is 0.571. The summed E-state index contributed by atoms with van der Waals surface area (Å²) in [6.07, 6.45) is 1.74. The van der Waals surface area contributed by atoms with E-state index >= 15 is 0 Å². The average molecular weight is 370 g/mol. The number of nitrogens with zero attached hydrogens (tertiary/aromatic N) is 3. The zero-order valence-corrected chi connectivity index (χ0v) is 16.7. The topological polar surface area (TPSA) is 71.3 Å². The number of benzene rings is 1. The van der Waals surface area contributed by atoms with Crippen molar-refractivity contribution in [1.82, 2.24) is 20.4 Å². The molecule has 27 heavy (non-hydrogen) atoms. The summed E-state index contributed by atoms with van der Waals surface area (Å²) in [7, 11) is 0. The predicted molar refractivity (Wildman–Crippen MR) is 105 cm³/mol. The van der Waals surface area contributed by atoms with Crippen molar-refractivity contribution < 1.29 is 9.32 Å². The van der Waals surface area contributed by atoms with Crippen molar-refractivity contribution in [3.63, 3.8) is 0 Å². The molecule has 1 atom stereocenters. The van der Waals surface area contributed by atoms with Crippen molar-refractivity contribution in [3.8, 4) is 11.4 Å². The van der Waals surface area contributed by atoms with Crippen LogP contribution in [0, 0.1) is 18.8 Å². The number of carbonyl (C=O) groups is 1. The minimum atomic E-state index is 0.105. The van der Waals surface area contributed by atoms with Crippen LogP contribution >= 0.6 is 0 Å². The number of carbonyl (C=O) groups excluding carboxylic acids is 1. The third-order valence-corrected chi connectivity index (χ3v) is 5.47. The maximum Gasteiger partial charge on any atom is 0.241 e. The maximum atomic E-state index is 12.4. The van der Waals surface area contributed by atoms with E-state index in [1.807, 2.05) is 24.3 Å². The molecule has 1 N–H and O–H groups in total. The van der Waals surface area contributed by atoms with Gasteiger partial charge >= 0.3 is 0 Å². The second-order valence-electron chi connectivity index (χ2n) is 7.97. The van der Waals surface area contributed by atoms with Gasteiger partial charge in [-0.05, 0) is 45.7 Å². The number of hydrogen-bond donors (Lipinski definition) is 1. The van der Waals surface area contributed by atoms with Crippen molar-refractivity contribution in [2.24, 2.45) is 11.8 Å². The molecule has 0 radical (unpaired) electrons. The first-order valence-electron chi connectivity index (χ1n) is 9.84. The lowest BCUT2D eigenvalue weighted by molar-refractivity contribution is -0.127. The van der Waals surface area contributed by atoms with Gasteiger partial charge in [-0.25, -0.2) is 0 Å². The molecule has 2 heterocycles. The van der Waals surface area contributed by atoms with Crippen LogP contribution in [0.2, 0.25) is 0 Å². The quantitative estimate of drug-likeness (QED) is 0.844. The average Bonchev–Trinajstić information content (AvgIpc) is 3.11. The van der Waals surface area contributed by atoms with E-state index in [2.05, 4.69) is 48.1 Å². The minimum Gasteiger partial charge on any atom is -0.353 e. The van der Waals surface area contributed by atoms with Crippen molar-refractivity contribution in [3.05, 3.63) is 35.7 Å². The highest BCUT2D eigenvalue weighted by molar-refractivity contribution is 5.79. The van der Waals surface area contributed by atoms with Crippen LogP contribution in [0.1, 0.15) is 45.1 Å². The third-order valence-electron chi connectivity index (χ3n) is 5.47. The lowest BCUT2D eigenvalue weighted by Crippen LogP contribution is -2.44. The molecule has 0 aliphatic carbocycles. The van der Waals surface area contributed by atoms with Crippen LogP contribution in [0.15, 0.2) is 28.8 Å². The Hall–Kier alpha value is -2.21. The first kappa shape index (κ1) is 19.5. The van der Waals surface area contributed by atoms with Gasteiger partial charge in [0.2, 0.25) is 17.6 Å². The number of aryl methyl sites for hydroxylation is 1. The molecule has 6 heteroatoms. The fourth-order valence-electron chi connectivity index (χ4n) is 3.19. The van der Waals surface area contributed by atoms with Gasteiger partial charge in [0.15, 0.2) is 0 Å². The second kappa shape index (κ2) is 8.65. The van der Waals surface area contributed by atoms with Crippen LogP contribution in [0.3, 0.4) is 0 Å². The Balaban J connectivity index is 1.49. The molecule has 1 aromatic heterocycles. The van der Waals surface area contributed by atoms with Gasteiger partial charge < -0.3 is 9.84 Å². The lowest BCUT2D eigenvalue weighted by Gasteiger charge is -2.31. The van der Waals surface area contributed by atoms with Gasteiger partial charge in [0.1, 0.15) is 0 Å². The first-order valence-corrected chi connectivity index (χ1v) is 9.84. The SMILES string of the molecule is Cc1ccc(-c2noc(CN3CCC(C(=O)NC(C)C(C)C)CC3)n2)cc1. The number of aromatic nitrogens is 2. The number of rotatable bonds is 6. The molecule has 0 spiro atoms. The van der Waals surface area contributed by atoms with E-state index in [1.54, 1.807) is 0 Å². The van der Waals surface area contributed by atoms with E-state index in [4.69, 9.17) is 4.52 Å². The molecule has 6 nitrogen and oxygen atoms in total. The predicted octanol–water partition coefficient (Wildman–Crippen LogP) is 3.42. The summed E-state index contributed by atoms with van der Waals surface area (Å²) < 4.78 is 5.42. The molecule has 1 aliphatic rings. The van der Waals surface area contributed by atoms with E-state index < -0.39 is 0 Å². The largest absolute Gasteiger partial charge is 0.353 e. The van der Waals surface area contributed by atoms with E-state index in [0.717, 1.165) is 31.5 Å². The van der Waals surface area contributed by atoms with E-state index in [-0.39, 0.29) is 17.9 Å². The van der Waals surface area contributed by atoms with Crippen LogP contribution in [0.4, 0.5) is 0 Å². The summed E-state index contributed by atoms with van der Waals surface area (Å²) >= 11 is 0. The van der Waals surface area contributed by atoms with Gasteiger partial charge in [0, 0.05) is 17.5 Å². The molecular weight excluding hydrogens is 340 g/mol. The first-order chi connectivity index (χ1) is 12.9. The van der Waals surface area contributed by atoms with Crippen LogP contribution in [0.25, 0.3) is 11.4 Å². The van der Waals surface area contributed by atoms with E-state index in [9.17, 15) is 4.79 Å². The highest BCUT2D eigenvalue weighted by atomic mass is 16.5. The standard InChI is InChI=1S/C21H30N4O2/c1-14(2)16(4)22-21(26)18-9-11-25(12-10-18)13-19-23-20(24-27-19)17-7-5-15(3)6-8-17/h5-8,14,16,18H,9-13H2,1-4H3,(H,22,26). The van der Waals surface area contributed by atoms with Gasteiger partial charge in [-0.3, -0.25) is 9.69 Å². The Bertz CT molecular complexity index is 746. The van der Waals surface area contributed by atoms with E-state index in [0.29, 0.717) is 24.2 Å². The number of amides is 1. The normalized spacial score (nSPS) is 17.2. The summed E-state index contributed by atoms with van der Waals surface area (Å²) in [4.78, 5) is 19.2. The van der Waals surface area contributed by atoms with Gasteiger partial charge in [-0.15, -0.1) is 0 Å². The fourth-order valence-corrected chi connectivity index (χ4v) is 3.19. The Morgan fingerprint density at radius 2 is 1.89 bits per heavy atom. The minimum absolute atomic E-state index is 0.105. The number of nitrogens with one attached hydrogen (secondary N) is 1. The summed E-state index contributed by atoms with van der Waals surface area (Å²) in [5, 5.41) is 7.24. The van der Waals surface area contributed by atoms with Gasteiger partial charge in [-0.2, -0.15) is 4.98 Å². The second-order valence-corrected chi connectivity index (χ2v) is 7.97. The lowest BCUT2D eigenvalue weighted by atomic mass is 9.95. The summed E-state index contributed by atoms with van der Waals surface area (Å²) in [5.41, 5.74) is 2.17. The zero-order chi connectivity index (χ0) is 19.4. The molecule has 0 saturated carbocycles.